The maximum absolute atomic E-state index is 12.4. The molecule has 1 aromatic carbocycles. The van der Waals surface area contributed by atoms with Gasteiger partial charge in [-0.1, -0.05) is 6.92 Å². The Morgan fingerprint density at radius 2 is 1.71 bits per heavy atom. The zero-order valence-corrected chi connectivity index (χ0v) is 12.8. The van der Waals surface area contributed by atoms with Gasteiger partial charge in [-0.3, -0.25) is 0 Å². The van der Waals surface area contributed by atoms with Crippen LogP contribution in [-0.4, -0.2) is 31.9 Å². The van der Waals surface area contributed by atoms with Crippen LogP contribution in [0.3, 0.4) is 0 Å². The van der Waals surface area contributed by atoms with Crippen LogP contribution in [0, 0.1) is 5.92 Å². The highest BCUT2D eigenvalue weighted by atomic mass is 35.5. The molecule has 2 atom stereocenters. The van der Waals surface area contributed by atoms with Gasteiger partial charge in [0.1, 0.15) is 0 Å². The van der Waals surface area contributed by atoms with Crippen molar-refractivity contribution in [1.29, 1.82) is 0 Å². The van der Waals surface area contributed by atoms with E-state index in [0.717, 1.165) is 24.3 Å². The Balaban J connectivity index is 0.00000220. The lowest BCUT2D eigenvalue weighted by atomic mass is 10.1. The highest BCUT2D eigenvalue weighted by Gasteiger charge is 2.36. The molecule has 0 radical (unpaired) electrons. The maximum Gasteiger partial charge on any atom is 0.416 e. The Bertz CT molecular complexity index is 580. The predicted octanol–water partition coefficient (Wildman–Crippen LogP) is 2.09. The first-order valence-electron chi connectivity index (χ1n) is 6.05. The smallest absolute Gasteiger partial charge is 0.326 e. The second-order valence-corrected chi connectivity index (χ2v) is 6.92. The Labute approximate surface area is 127 Å². The van der Waals surface area contributed by atoms with Crippen LogP contribution >= 0.6 is 12.4 Å². The summed E-state index contributed by atoms with van der Waals surface area (Å²) >= 11 is 0. The third kappa shape index (κ3) is 3.68. The highest BCUT2D eigenvalue weighted by molar-refractivity contribution is 7.89. The third-order valence-electron chi connectivity index (χ3n) is 3.46. The molecule has 2 rings (SSSR count). The summed E-state index contributed by atoms with van der Waals surface area (Å²) < 4.78 is 63.1. The van der Waals surface area contributed by atoms with Gasteiger partial charge in [0.05, 0.1) is 10.5 Å². The van der Waals surface area contributed by atoms with E-state index in [1.165, 1.54) is 4.31 Å². The molecular weight excluding hydrogens is 329 g/mol. The first-order chi connectivity index (χ1) is 9.12. The molecule has 0 bridgehead atoms. The van der Waals surface area contributed by atoms with Gasteiger partial charge in [0.25, 0.3) is 0 Å². The number of rotatable bonds is 2. The maximum atomic E-state index is 12.4. The van der Waals surface area contributed by atoms with Crippen molar-refractivity contribution in [3.63, 3.8) is 0 Å². The highest BCUT2D eigenvalue weighted by Crippen LogP contribution is 2.31. The van der Waals surface area contributed by atoms with Crippen LogP contribution in [-0.2, 0) is 16.2 Å². The quantitative estimate of drug-likeness (QED) is 0.893. The van der Waals surface area contributed by atoms with E-state index in [4.69, 9.17) is 5.73 Å². The van der Waals surface area contributed by atoms with Crippen molar-refractivity contribution in [2.24, 2.45) is 11.7 Å². The zero-order valence-electron chi connectivity index (χ0n) is 11.2. The molecule has 0 spiro atoms. The van der Waals surface area contributed by atoms with Crippen LogP contribution in [0.25, 0.3) is 0 Å². The average molecular weight is 345 g/mol. The number of hydrogen-bond donors (Lipinski definition) is 1. The van der Waals surface area contributed by atoms with Crippen molar-refractivity contribution in [2.75, 3.05) is 13.1 Å². The lowest BCUT2D eigenvalue weighted by Crippen LogP contribution is -2.32. The van der Waals surface area contributed by atoms with Crippen LogP contribution in [0.15, 0.2) is 29.2 Å². The number of nitrogens with zero attached hydrogens (tertiary/aromatic N) is 1. The monoisotopic (exact) mass is 344 g/mol. The van der Waals surface area contributed by atoms with Gasteiger partial charge in [0, 0.05) is 19.1 Å². The molecule has 1 aromatic rings. The lowest BCUT2D eigenvalue weighted by Gasteiger charge is -2.16. The molecule has 0 saturated carbocycles. The van der Waals surface area contributed by atoms with E-state index < -0.39 is 21.8 Å². The molecule has 1 aliphatic rings. The molecule has 120 valence electrons. The lowest BCUT2D eigenvalue weighted by molar-refractivity contribution is -0.137. The number of hydrogen-bond acceptors (Lipinski definition) is 3. The van der Waals surface area contributed by atoms with Crippen LogP contribution in [0.2, 0.25) is 0 Å². The van der Waals surface area contributed by atoms with E-state index in [0.29, 0.717) is 0 Å². The molecule has 0 aromatic heterocycles. The Morgan fingerprint density at radius 3 is 2.10 bits per heavy atom. The Kier molecular flexibility index (Phi) is 5.31. The van der Waals surface area contributed by atoms with E-state index in [2.05, 4.69) is 0 Å². The molecule has 1 fully saturated rings. The number of nitrogens with two attached hydrogens (primary N) is 1. The summed E-state index contributed by atoms with van der Waals surface area (Å²) in [6, 6.07) is 3.25. The molecule has 1 saturated heterocycles. The first kappa shape index (κ1) is 18.2. The van der Waals surface area contributed by atoms with E-state index >= 15 is 0 Å². The van der Waals surface area contributed by atoms with Crippen LogP contribution in [0.5, 0.6) is 0 Å². The molecule has 4 nitrogen and oxygen atoms in total. The van der Waals surface area contributed by atoms with Crippen LogP contribution < -0.4 is 5.73 Å². The fourth-order valence-electron chi connectivity index (χ4n) is 2.11. The third-order valence-corrected chi connectivity index (χ3v) is 5.30. The standard InChI is InChI=1S/C12H15F3N2O2S.ClH/c1-8-6-17(7-11(8)16)20(18,19)10-4-2-9(3-5-10)12(13,14)15;/h2-5,8,11H,6-7,16H2,1H3;1H. The zero-order chi connectivity index (χ0) is 15.1. The van der Waals surface area contributed by atoms with Crippen molar-refractivity contribution >= 4 is 22.4 Å². The van der Waals surface area contributed by atoms with E-state index in [-0.39, 0.29) is 42.4 Å². The van der Waals surface area contributed by atoms with Crippen molar-refractivity contribution in [2.45, 2.75) is 24.0 Å². The molecule has 0 amide bonds. The molecule has 2 N–H and O–H groups in total. The summed E-state index contributed by atoms with van der Waals surface area (Å²) in [7, 11) is -3.78. The number of benzene rings is 1. The summed E-state index contributed by atoms with van der Waals surface area (Å²) in [6.07, 6.45) is -4.48. The van der Waals surface area contributed by atoms with Crippen molar-refractivity contribution in [3.8, 4) is 0 Å². The van der Waals surface area contributed by atoms with Gasteiger partial charge in [-0.25, -0.2) is 8.42 Å². The summed E-state index contributed by atoms with van der Waals surface area (Å²) in [5.74, 6) is 0.0271. The first-order valence-corrected chi connectivity index (χ1v) is 7.49. The molecule has 1 aliphatic heterocycles. The molecule has 2 unspecified atom stereocenters. The van der Waals surface area contributed by atoms with Crippen LogP contribution in [0.1, 0.15) is 12.5 Å². The summed E-state index contributed by atoms with van der Waals surface area (Å²) in [5, 5.41) is 0. The second-order valence-electron chi connectivity index (χ2n) is 4.99. The van der Waals surface area contributed by atoms with Gasteiger partial charge < -0.3 is 5.73 Å². The topological polar surface area (TPSA) is 63.4 Å². The molecule has 9 heteroatoms. The summed E-state index contributed by atoms with van der Waals surface area (Å²) in [6.45, 7) is 2.31. The van der Waals surface area contributed by atoms with Gasteiger partial charge in [0.15, 0.2) is 0 Å². The molecule has 21 heavy (non-hydrogen) atoms. The van der Waals surface area contributed by atoms with Gasteiger partial charge in [-0.05, 0) is 30.2 Å². The largest absolute Gasteiger partial charge is 0.416 e. The SMILES string of the molecule is CC1CN(S(=O)(=O)c2ccc(C(F)(F)F)cc2)CC1N.Cl. The molecule has 1 heterocycles. The van der Waals surface area contributed by atoms with Gasteiger partial charge in [-0.15, -0.1) is 12.4 Å². The minimum Gasteiger partial charge on any atom is -0.326 e. The minimum atomic E-state index is -4.48. The number of alkyl halides is 3. The van der Waals surface area contributed by atoms with E-state index in [9.17, 15) is 21.6 Å². The van der Waals surface area contributed by atoms with Gasteiger partial charge >= 0.3 is 6.18 Å². The van der Waals surface area contributed by atoms with E-state index in [1.807, 2.05) is 6.92 Å². The Morgan fingerprint density at radius 1 is 1.19 bits per heavy atom. The summed E-state index contributed by atoms with van der Waals surface area (Å²) in [5.41, 5.74) is 4.90. The molecule has 0 aliphatic carbocycles. The Hall–Kier alpha value is -0.830. The normalized spacial score (nSPS) is 23.9. The van der Waals surface area contributed by atoms with Gasteiger partial charge in [-0.2, -0.15) is 17.5 Å². The fraction of sp³-hybridized carbons (Fsp3) is 0.500. The van der Waals surface area contributed by atoms with Crippen LogP contribution in [0.4, 0.5) is 13.2 Å². The van der Waals surface area contributed by atoms with Crippen molar-refractivity contribution in [1.82, 2.24) is 4.31 Å². The van der Waals surface area contributed by atoms with Crippen molar-refractivity contribution < 1.29 is 21.6 Å². The van der Waals surface area contributed by atoms with Gasteiger partial charge in [0.2, 0.25) is 10.0 Å². The number of sulfonamides is 1. The number of halogens is 4. The second kappa shape index (κ2) is 6.12. The fourth-order valence-corrected chi connectivity index (χ4v) is 3.69. The predicted molar refractivity (Wildman–Crippen MR) is 74.6 cm³/mol. The van der Waals surface area contributed by atoms with Crippen molar-refractivity contribution in [3.05, 3.63) is 29.8 Å². The average Bonchev–Trinajstić information content (AvgIpc) is 2.69. The van der Waals surface area contributed by atoms with E-state index in [1.54, 1.807) is 0 Å². The minimum absolute atomic E-state index is 0. The molecular formula is C12H16ClF3N2O2S. The summed E-state index contributed by atoms with van der Waals surface area (Å²) in [4.78, 5) is -0.146.